The quantitative estimate of drug-likeness (QED) is 0.0667. The number of ether oxygens (including phenoxy) is 1. The number of nitrogens with zero attached hydrogens (tertiary/aromatic N) is 1. The summed E-state index contributed by atoms with van der Waals surface area (Å²) in [5.74, 6) is 0.819. The Morgan fingerprint density at radius 2 is 1.36 bits per heavy atom. The molecule has 0 aliphatic carbocycles. The van der Waals surface area contributed by atoms with E-state index >= 15 is 0 Å². The fourth-order valence-electron chi connectivity index (χ4n) is 5.88. The minimum Gasteiger partial charge on any atom is -0.426 e. The number of hydrogen-bond donors (Lipinski definition) is 1. The summed E-state index contributed by atoms with van der Waals surface area (Å²) in [6.07, 6.45) is 37.1. The van der Waals surface area contributed by atoms with Crippen LogP contribution in [0.3, 0.4) is 0 Å². The molecular formula is C45H54N2O4S2. The highest BCUT2D eigenvalue weighted by atomic mass is 33.1. The van der Waals surface area contributed by atoms with Crippen molar-refractivity contribution in [2.75, 3.05) is 10.7 Å². The van der Waals surface area contributed by atoms with Gasteiger partial charge in [-0.05, 0) is 89.0 Å². The lowest BCUT2D eigenvalue weighted by Crippen LogP contribution is -2.40. The molecule has 53 heavy (non-hydrogen) atoms. The number of imide groups is 1. The van der Waals surface area contributed by atoms with Gasteiger partial charge in [-0.3, -0.25) is 19.8 Å². The Morgan fingerprint density at radius 3 is 1.98 bits per heavy atom. The predicted octanol–water partition coefficient (Wildman–Crippen LogP) is 12.6. The molecule has 2 aliphatic rings. The number of urea groups is 1. The zero-order valence-electron chi connectivity index (χ0n) is 31.2. The molecule has 4 rings (SSSR count). The Labute approximate surface area is 324 Å². The van der Waals surface area contributed by atoms with Gasteiger partial charge in [-0.25, -0.2) is 4.79 Å². The van der Waals surface area contributed by atoms with E-state index in [-0.39, 0.29) is 23.5 Å². The Kier molecular flexibility index (Phi) is 18.3. The first-order valence-electron chi connectivity index (χ1n) is 18.9. The summed E-state index contributed by atoms with van der Waals surface area (Å²) in [4.78, 5) is 41.2. The lowest BCUT2D eigenvalue weighted by atomic mass is 9.99. The van der Waals surface area contributed by atoms with Crippen LogP contribution in [0.4, 0.5) is 16.2 Å². The number of para-hydroxylation sites is 2. The molecule has 1 saturated heterocycles. The van der Waals surface area contributed by atoms with E-state index in [0.29, 0.717) is 28.3 Å². The van der Waals surface area contributed by atoms with Crippen molar-refractivity contribution in [3.05, 3.63) is 133 Å². The molecule has 2 aliphatic heterocycles. The van der Waals surface area contributed by atoms with Crippen LogP contribution in [0, 0.1) is 0 Å². The molecule has 2 aromatic carbocycles. The van der Waals surface area contributed by atoms with E-state index in [4.69, 9.17) is 4.74 Å². The summed E-state index contributed by atoms with van der Waals surface area (Å²) in [5.41, 5.74) is 2.40. The third-order valence-electron chi connectivity index (χ3n) is 8.76. The molecule has 0 bridgehead atoms. The highest BCUT2D eigenvalue weighted by molar-refractivity contribution is 8.77. The molecule has 1 atom stereocenters. The maximum Gasteiger partial charge on any atom is 0.333 e. The van der Waals surface area contributed by atoms with Crippen LogP contribution >= 0.6 is 21.6 Å². The molecule has 0 radical (unpaired) electrons. The Hall–Kier alpha value is -4.27. The number of anilines is 2. The van der Waals surface area contributed by atoms with Crippen LogP contribution in [-0.2, 0) is 14.3 Å². The summed E-state index contributed by atoms with van der Waals surface area (Å²) in [7, 11) is 3.87. The first kappa shape index (κ1) is 41.5. The number of esters is 1. The molecule has 1 fully saturated rings. The Morgan fingerprint density at radius 1 is 0.774 bits per heavy atom. The molecule has 1 N–H and O–H groups in total. The first-order valence-corrected chi connectivity index (χ1v) is 21.2. The zero-order valence-corrected chi connectivity index (χ0v) is 32.8. The maximum absolute atomic E-state index is 13.7. The average Bonchev–Trinajstić information content (AvgIpc) is 3.54. The number of hydrogen-bond acceptors (Lipinski definition) is 6. The van der Waals surface area contributed by atoms with Gasteiger partial charge in [-0.15, -0.1) is 0 Å². The second-order valence-corrected chi connectivity index (χ2v) is 16.2. The van der Waals surface area contributed by atoms with Crippen molar-refractivity contribution in [1.82, 2.24) is 5.32 Å². The van der Waals surface area contributed by atoms with Crippen LogP contribution in [-0.4, -0.2) is 28.4 Å². The number of amides is 3. The summed E-state index contributed by atoms with van der Waals surface area (Å²) < 4.78 is 6.19. The van der Waals surface area contributed by atoms with Crippen molar-refractivity contribution in [1.29, 1.82) is 0 Å². The topological polar surface area (TPSA) is 75.7 Å². The number of allylic oxidation sites excluding steroid dienone is 11. The van der Waals surface area contributed by atoms with E-state index in [9.17, 15) is 14.4 Å². The smallest absolute Gasteiger partial charge is 0.333 e. The highest BCUT2D eigenvalue weighted by Crippen LogP contribution is 2.49. The number of carbonyl (C=O) groups is 3. The average molecular weight is 751 g/mol. The summed E-state index contributed by atoms with van der Waals surface area (Å²) in [6, 6.07) is 14.1. The Bertz CT molecular complexity index is 1710. The van der Waals surface area contributed by atoms with Gasteiger partial charge in [0.15, 0.2) is 0 Å². The van der Waals surface area contributed by atoms with E-state index in [0.717, 1.165) is 57.8 Å². The molecule has 0 aromatic heterocycles. The van der Waals surface area contributed by atoms with Gasteiger partial charge in [0.1, 0.15) is 5.76 Å². The highest BCUT2D eigenvalue weighted by Gasteiger charge is 2.31. The van der Waals surface area contributed by atoms with Crippen molar-refractivity contribution in [2.24, 2.45) is 0 Å². The van der Waals surface area contributed by atoms with Crippen molar-refractivity contribution in [3.63, 3.8) is 0 Å². The van der Waals surface area contributed by atoms with Crippen LogP contribution in [0.15, 0.2) is 121 Å². The lowest BCUT2D eigenvalue weighted by molar-refractivity contribution is -0.135. The molecule has 280 valence electrons. The van der Waals surface area contributed by atoms with Gasteiger partial charge >= 0.3 is 12.0 Å². The molecule has 0 saturated carbocycles. The minimum absolute atomic E-state index is 0.112. The number of fused-ring (bicyclic) bond motifs is 2. The molecule has 2 aromatic rings. The predicted molar refractivity (Wildman–Crippen MR) is 227 cm³/mol. The zero-order chi connectivity index (χ0) is 37.6. The van der Waals surface area contributed by atoms with Crippen LogP contribution < -0.4 is 10.2 Å². The van der Waals surface area contributed by atoms with Gasteiger partial charge in [0.25, 0.3) is 0 Å². The molecular weight excluding hydrogens is 697 g/mol. The third kappa shape index (κ3) is 14.6. The van der Waals surface area contributed by atoms with E-state index in [1.54, 1.807) is 12.1 Å². The van der Waals surface area contributed by atoms with Crippen LogP contribution in [0.5, 0.6) is 0 Å². The number of unbranched alkanes of at least 4 members (excludes halogenated alkanes) is 1. The van der Waals surface area contributed by atoms with E-state index in [2.05, 4.69) is 79.9 Å². The third-order valence-corrected chi connectivity index (χ3v) is 12.1. The molecule has 2 heterocycles. The fourth-order valence-corrected chi connectivity index (χ4v) is 9.18. The largest absolute Gasteiger partial charge is 0.426 e. The molecule has 0 unspecified atom stereocenters. The number of carbonyl (C=O) groups excluding carboxylic acids is 3. The second kappa shape index (κ2) is 23.4. The van der Waals surface area contributed by atoms with Crippen molar-refractivity contribution in [2.45, 2.75) is 95.6 Å². The summed E-state index contributed by atoms with van der Waals surface area (Å²) in [5, 5.41) is 2.61. The number of benzene rings is 2. The van der Waals surface area contributed by atoms with Crippen LogP contribution in [0.1, 0.15) is 102 Å². The molecule has 0 spiro atoms. The van der Waals surface area contributed by atoms with Gasteiger partial charge < -0.3 is 4.74 Å². The SMILES string of the molecule is CC/C=C\C/C=C\C/C=C\C/C=C\C/C=C\C/C=C\CC(=O)OC1=Cc2ccccc2N(C(=O)NC(=O)CCCC[C@]2(C)CCSS2)c2ccccc21. The monoisotopic (exact) mass is 750 g/mol. The van der Waals surface area contributed by atoms with Gasteiger partial charge in [0.2, 0.25) is 5.91 Å². The molecule has 3 amide bonds. The second-order valence-electron chi connectivity index (χ2n) is 13.2. The Balaban J connectivity index is 1.25. The number of rotatable bonds is 19. The van der Waals surface area contributed by atoms with Crippen LogP contribution in [0.2, 0.25) is 0 Å². The number of nitrogens with one attached hydrogen (secondary N) is 1. The maximum atomic E-state index is 13.7. The van der Waals surface area contributed by atoms with E-state index < -0.39 is 12.0 Å². The van der Waals surface area contributed by atoms with Crippen molar-refractivity contribution >= 4 is 62.7 Å². The van der Waals surface area contributed by atoms with Gasteiger partial charge in [-0.2, -0.15) is 0 Å². The van der Waals surface area contributed by atoms with Gasteiger partial charge in [0.05, 0.1) is 17.8 Å². The van der Waals surface area contributed by atoms with Crippen LogP contribution in [0.25, 0.3) is 11.8 Å². The van der Waals surface area contributed by atoms with Gasteiger partial charge in [-0.1, -0.05) is 138 Å². The van der Waals surface area contributed by atoms with Gasteiger partial charge in [0, 0.05) is 28.0 Å². The van der Waals surface area contributed by atoms with E-state index in [1.807, 2.05) is 76.2 Å². The lowest BCUT2D eigenvalue weighted by Gasteiger charge is -2.25. The molecule has 6 nitrogen and oxygen atoms in total. The summed E-state index contributed by atoms with van der Waals surface area (Å²) >= 11 is 0. The fraction of sp³-hybridized carbons (Fsp3) is 0.356. The molecule has 8 heteroatoms. The standard InChI is InChI=1S/C45H54N2O4S2/c1-3-4-5-6-7-8-9-10-11-12-13-14-15-16-17-18-19-20-32-43(49)51-41-36-37-27-21-23-29-39(37)47(40-30-24-22-28-38(40)41)44(50)46-42(48)31-25-26-33-45(2)34-35-52-53-45/h4-5,7-8,10-11,13-14,16-17,19-24,27-30,36H,3,6,9,12,15,18,25-26,31-35H2,1-2H3,(H,46,48,50)/b5-4-,8-7-,11-10-,14-13-,17-16-,20-19-/t45-/m1/s1. The first-order chi connectivity index (χ1) is 25.9. The summed E-state index contributed by atoms with van der Waals surface area (Å²) in [6.45, 7) is 4.44. The normalized spacial score (nSPS) is 17.3. The van der Waals surface area contributed by atoms with Crippen molar-refractivity contribution in [3.8, 4) is 0 Å². The van der Waals surface area contributed by atoms with E-state index in [1.165, 1.54) is 17.1 Å². The minimum atomic E-state index is -0.538. The van der Waals surface area contributed by atoms with Crippen molar-refractivity contribution < 1.29 is 19.1 Å².